The minimum Gasteiger partial charge on any atom is -0.331 e. The minimum absolute atomic E-state index is 0.205. The average molecular weight is 194 g/mol. The van der Waals surface area contributed by atoms with Gasteiger partial charge in [0.1, 0.15) is 0 Å². The summed E-state index contributed by atoms with van der Waals surface area (Å²) in [7, 11) is 3.09. The van der Waals surface area contributed by atoms with Gasteiger partial charge >= 0.3 is 6.03 Å². The number of carbonyl (C=O) groups excluding carboxylic acids is 1. The van der Waals surface area contributed by atoms with Crippen LogP contribution >= 0.6 is 0 Å². The highest BCUT2D eigenvalue weighted by Gasteiger charge is 2.21. The molecule has 0 N–H and O–H groups in total. The summed E-state index contributed by atoms with van der Waals surface area (Å²) in [5.74, 6) is 0. The molecule has 0 radical (unpaired) electrons. The first-order valence-electron chi connectivity index (χ1n) is 4.12. The summed E-state index contributed by atoms with van der Waals surface area (Å²) in [5.41, 5.74) is 0. The normalized spacial score (nSPS) is 10.8. The first kappa shape index (κ1) is 12.1. The molecule has 0 aliphatic heterocycles. The highest BCUT2D eigenvalue weighted by molar-refractivity contribution is 5.74. The van der Waals surface area contributed by atoms with E-state index in [9.17, 15) is 13.6 Å². The molecule has 0 rings (SSSR count). The summed E-state index contributed by atoms with van der Waals surface area (Å²) < 4.78 is 24.1. The third-order valence-corrected chi connectivity index (χ3v) is 1.59. The molecule has 0 atom stereocenters. The number of nitrogens with zero attached hydrogens (tertiary/aromatic N) is 2. The molecule has 0 fully saturated rings. The fourth-order valence-electron chi connectivity index (χ4n) is 0.915. The molecule has 0 spiro atoms. The molecule has 5 heteroatoms. The summed E-state index contributed by atoms with van der Waals surface area (Å²) in [6, 6.07) is -0.584. The zero-order valence-corrected chi connectivity index (χ0v) is 8.42. The summed E-state index contributed by atoms with van der Waals surface area (Å²) in [6.07, 6.45) is -2.48. The smallest absolute Gasteiger partial charge is 0.319 e. The third kappa shape index (κ3) is 4.05. The molecular formula is C8H16F2N2O. The van der Waals surface area contributed by atoms with Crippen molar-refractivity contribution in [2.75, 3.05) is 20.6 Å². The number of alkyl halides is 2. The van der Waals surface area contributed by atoms with Gasteiger partial charge in [-0.15, -0.1) is 0 Å². The van der Waals surface area contributed by atoms with Gasteiger partial charge in [-0.3, -0.25) is 0 Å². The van der Waals surface area contributed by atoms with Crippen molar-refractivity contribution in [2.24, 2.45) is 0 Å². The van der Waals surface area contributed by atoms with Crippen LogP contribution in [0.1, 0.15) is 13.8 Å². The lowest BCUT2D eigenvalue weighted by molar-refractivity contribution is 0.0784. The molecule has 0 saturated heterocycles. The fourth-order valence-corrected chi connectivity index (χ4v) is 0.915. The summed E-state index contributed by atoms with van der Waals surface area (Å²) in [6.45, 7) is 2.92. The van der Waals surface area contributed by atoms with Crippen LogP contribution in [0.15, 0.2) is 0 Å². The van der Waals surface area contributed by atoms with Crippen LogP contribution in [0.3, 0.4) is 0 Å². The van der Waals surface area contributed by atoms with E-state index in [1.165, 1.54) is 4.90 Å². The van der Waals surface area contributed by atoms with Crippen molar-refractivity contribution in [3.8, 4) is 0 Å². The maximum absolute atomic E-state index is 12.1. The zero-order chi connectivity index (χ0) is 10.6. The van der Waals surface area contributed by atoms with Gasteiger partial charge in [-0.1, -0.05) is 0 Å². The Balaban J connectivity index is 4.33. The Morgan fingerprint density at radius 1 is 1.31 bits per heavy atom. The second-order valence-corrected chi connectivity index (χ2v) is 3.31. The Bertz CT molecular complexity index is 172. The van der Waals surface area contributed by atoms with Crippen molar-refractivity contribution in [3.63, 3.8) is 0 Å². The van der Waals surface area contributed by atoms with Crippen LogP contribution in [0.5, 0.6) is 0 Å². The third-order valence-electron chi connectivity index (χ3n) is 1.59. The number of hydrogen-bond donors (Lipinski definition) is 0. The molecule has 3 nitrogen and oxygen atoms in total. The summed E-state index contributed by atoms with van der Waals surface area (Å²) in [5, 5.41) is 0. The van der Waals surface area contributed by atoms with Crippen LogP contribution < -0.4 is 0 Å². The van der Waals surface area contributed by atoms with E-state index < -0.39 is 13.0 Å². The van der Waals surface area contributed by atoms with Gasteiger partial charge in [0.05, 0.1) is 6.54 Å². The van der Waals surface area contributed by atoms with E-state index in [4.69, 9.17) is 0 Å². The van der Waals surface area contributed by atoms with Crippen molar-refractivity contribution in [1.82, 2.24) is 9.80 Å². The highest BCUT2D eigenvalue weighted by Crippen LogP contribution is 2.06. The molecule has 0 aliphatic rings. The van der Waals surface area contributed by atoms with E-state index in [2.05, 4.69) is 0 Å². The van der Waals surface area contributed by atoms with Gasteiger partial charge in [0, 0.05) is 20.1 Å². The topological polar surface area (TPSA) is 23.6 Å². The Labute approximate surface area is 77.3 Å². The lowest BCUT2D eigenvalue weighted by Crippen LogP contribution is -2.45. The van der Waals surface area contributed by atoms with Crippen molar-refractivity contribution in [3.05, 3.63) is 0 Å². The van der Waals surface area contributed by atoms with Crippen molar-refractivity contribution in [1.29, 1.82) is 0 Å². The van der Waals surface area contributed by atoms with Crippen LogP contribution in [-0.2, 0) is 0 Å². The van der Waals surface area contributed by atoms with Gasteiger partial charge in [0.15, 0.2) is 0 Å². The Hall–Kier alpha value is -0.870. The summed E-state index contributed by atoms with van der Waals surface area (Å²) in [4.78, 5) is 13.8. The highest BCUT2D eigenvalue weighted by atomic mass is 19.3. The van der Waals surface area contributed by atoms with Crippen molar-refractivity contribution >= 4 is 6.03 Å². The van der Waals surface area contributed by atoms with Crippen LogP contribution in [-0.4, -0.2) is 48.9 Å². The van der Waals surface area contributed by atoms with E-state index in [0.29, 0.717) is 0 Å². The fraction of sp³-hybridized carbons (Fsp3) is 0.875. The van der Waals surface area contributed by atoms with Gasteiger partial charge in [0.2, 0.25) is 0 Å². The van der Waals surface area contributed by atoms with Crippen LogP contribution in [0, 0.1) is 0 Å². The van der Waals surface area contributed by atoms with Gasteiger partial charge < -0.3 is 9.80 Å². The van der Waals surface area contributed by atoms with E-state index in [-0.39, 0.29) is 12.1 Å². The molecule has 78 valence electrons. The lowest BCUT2D eigenvalue weighted by atomic mass is 10.3. The zero-order valence-electron chi connectivity index (χ0n) is 8.42. The average Bonchev–Trinajstić information content (AvgIpc) is 1.97. The Kier molecular flexibility index (Phi) is 4.66. The van der Waals surface area contributed by atoms with Gasteiger partial charge in [-0.25, -0.2) is 13.6 Å². The quantitative estimate of drug-likeness (QED) is 0.670. The standard InChI is InChI=1S/C8H16F2N2O/c1-6(2)12(5-7(9)10)8(13)11(3)4/h6-7H,5H2,1-4H3. The monoisotopic (exact) mass is 194 g/mol. The molecule has 0 aliphatic carbocycles. The molecule has 13 heavy (non-hydrogen) atoms. The van der Waals surface area contributed by atoms with E-state index in [1.54, 1.807) is 27.9 Å². The molecule has 0 bridgehead atoms. The Morgan fingerprint density at radius 3 is 2.00 bits per heavy atom. The van der Waals surface area contributed by atoms with E-state index in [1.807, 2.05) is 0 Å². The second kappa shape index (κ2) is 4.99. The van der Waals surface area contributed by atoms with E-state index in [0.717, 1.165) is 4.90 Å². The molecular weight excluding hydrogens is 178 g/mol. The molecule has 0 heterocycles. The van der Waals surface area contributed by atoms with E-state index >= 15 is 0 Å². The Morgan fingerprint density at radius 2 is 1.77 bits per heavy atom. The number of hydrogen-bond acceptors (Lipinski definition) is 1. The number of carbonyl (C=O) groups is 1. The van der Waals surface area contributed by atoms with Crippen LogP contribution in [0.4, 0.5) is 13.6 Å². The minimum atomic E-state index is -2.48. The molecule has 2 amide bonds. The maximum Gasteiger partial charge on any atom is 0.319 e. The first-order valence-corrected chi connectivity index (χ1v) is 4.12. The van der Waals surface area contributed by atoms with Crippen molar-refractivity contribution < 1.29 is 13.6 Å². The predicted molar refractivity (Wildman–Crippen MR) is 46.9 cm³/mol. The SMILES string of the molecule is CC(C)N(CC(F)F)C(=O)N(C)C. The number of halogens is 2. The summed E-state index contributed by atoms with van der Waals surface area (Å²) >= 11 is 0. The van der Waals surface area contributed by atoms with Gasteiger partial charge in [-0.2, -0.15) is 0 Å². The largest absolute Gasteiger partial charge is 0.331 e. The number of urea groups is 1. The van der Waals surface area contributed by atoms with Crippen LogP contribution in [0.25, 0.3) is 0 Å². The molecule has 0 aromatic carbocycles. The van der Waals surface area contributed by atoms with Gasteiger partial charge in [-0.05, 0) is 13.8 Å². The second-order valence-electron chi connectivity index (χ2n) is 3.31. The molecule has 0 aromatic heterocycles. The number of amides is 2. The molecule has 0 aromatic rings. The number of rotatable bonds is 3. The van der Waals surface area contributed by atoms with Gasteiger partial charge in [0.25, 0.3) is 6.43 Å². The molecule has 0 saturated carbocycles. The first-order chi connectivity index (χ1) is 5.86. The molecule has 0 unspecified atom stereocenters. The van der Waals surface area contributed by atoms with Crippen molar-refractivity contribution in [2.45, 2.75) is 26.3 Å². The predicted octanol–water partition coefficient (Wildman–Crippen LogP) is 1.64. The maximum atomic E-state index is 12.1. The lowest BCUT2D eigenvalue weighted by Gasteiger charge is -2.29. The van der Waals surface area contributed by atoms with Crippen LogP contribution in [0.2, 0.25) is 0 Å².